The van der Waals surface area contributed by atoms with Gasteiger partial charge < -0.3 is 25.6 Å². The van der Waals surface area contributed by atoms with Crippen molar-refractivity contribution in [2.24, 2.45) is 0 Å². The van der Waals surface area contributed by atoms with Gasteiger partial charge in [0.15, 0.2) is 0 Å². The molecule has 2 amide bonds. The Morgan fingerprint density at radius 1 is 0.667 bits per heavy atom. The summed E-state index contributed by atoms with van der Waals surface area (Å²) >= 11 is 0. The number of hydrogen-bond acceptors (Lipinski definition) is 5. The number of aliphatic carboxylic acids is 1. The average Bonchev–Trinajstić information content (AvgIpc) is 2.88. The Balaban J connectivity index is 1.69. The number of hydrogen-bond donors (Lipinski definition) is 4. The molecule has 3 aromatic carbocycles. The zero-order chi connectivity index (χ0) is 25.9. The molecule has 0 saturated carbocycles. The van der Waals surface area contributed by atoms with Gasteiger partial charge in [0.25, 0.3) is 0 Å². The van der Waals surface area contributed by atoms with Gasteiger partial charge in [-0.3, -0.25) is 4.79 Å². The summed E-state index contributed by atoms with van der Waals surface area (Å²) in [7, 11) is 0. The first-order chi connectivity index (χ1) is 17.3. The quantitative estimate of drug-likeness (QED) is 0.324. The van der Waals surface area contributed by atoms with Gasteiger partial charge in [0.1, 0.15) is 18.7 Å². The molecule has 9 nitrogen and oxygen atoms in total. The normalized spacial score (nSPS) is 12.1. The van der Waals surface area contributed by atoms with Crippen molar-refractivity contribution in [2.75, 3.05) is 0 Å². The van der Waals surface area contributed by atoms with Crippen molar-refractivity contribution in [3.63, 3.8) is 0 Å². The van der Waals surface area contributed by atoms with E-state index < -0.39 is 36.0 Å². The van der Waals surface area contributed by atoms with Crippen LogP contribution in [-0.4, -0.2) is 46.2 Å². The van der Waals surface area contributed by atoms with Gasteiger partial charge in [0.05, 0.1) is 5.56 Å². The number of amides is 2. The summed E-state index contributed by atoms with van der Waals surface area (Å²) in [6.45, 7) is 0.0104. The lowest BCUT2D eigenvalue weighted by atomic mass is 10.0. The van der Waals surface area contributed by atoms with E-state index in [1.54, 1.807) is 36.4 Å². The Morgan fingerprint density at radius 3 is 1.75 bits per heavy atom. The van der Waals surface area contributed by atoms with Gasteiger partial charge in [-0.05, 0) is 28.8 Å². The first-order valence-electron chi connectivity index (χ1n) is 11.2. The molecule has 4 N–H and O–H groups in total. The Bertz CT molecular complexity index is 1180. The fraction of sp³-hybridized carbons (Fsp3) is 0.185. The molecule has 0 bridgehead atoms. The van der Waals surface area contributed by atoms with E-state index in [0.717, 1.165) is 11.1 Å². The molecule has 0 unspecified atom stereocenters. The molecule has 0 aliphatic heterocycles. The standard InChI is InChI=1S/C27H26N2O7/c30-24(28-23(26(33)34)16-19-11-13-21(14-12-19)25(31)32)22(15-18-7-3-1-4-8-18)29-27(35)36-17-20-9-5-2-6-10-20/h1-14,22-23H,15-17H2,(H,28,30)(H,29,35)(H,31,32)(H,33,34)/t22-,23+/m0/s1. The van der Waals surface area contributed by atoms with Gasteiger partial charge >= 0.3 is 18.0 Å². The summed E-state index contributed by atoms with van der Waals surface area (Å²) < 4.78 is 5.23. The molecule has 0 heterocycles. The Labute approximate surface area is 207 Å². The molecule has 0 spiro atoms. The number of benzene rings is 3. The molecule has 9 heteroatoms. The third-order valence-electron chi connectivity index (χ3n) is 5.36. The first kappa shape index (κ1) is 26.0. The summed E-state index contributed by atoms with van der Waals surface area (Å²) in [5.41, 5.74) is 2.13. The van der Waals surface area contributed by atoms with Crippen LogP contribution in [0.15, 0.2) is 84.9 Å². The van der Waals surface area contributed by atoms with Crippen molar-refractivity contribution in [2.45, 2.75) is 31.5 Å². The third-order valence-corrected chi connectivity index (χ3v) is 5.36. The fourth-order valence-electron chi connectivity index (χ4n) is 3.46. The summed E-state index contributed by atoms with van der Waals surface area (Å²) in [6, 6.07) is 21.3. The number of carboxylic acid groups (broad SMARTS) is 2. The van der Waals surface area contributed by atoms with Crippen LogP contribution in [0.5, 0.6) is 0 Å². The van der Waals surface area contributed by atoms with Gasteiger partial charge in [-0.1, -0.05) is 72.8 Å². The number of carbonyl (C=O) groups is 4. The van der Waals surface area contributed by atoms with Crippen LogP contribution in [-0.2, 0) is 33.8 Å². The van der Waals surface area contributed by atoms with E-state index >= 15 is 0 Å². The van der Waals surface area contributed by atoms with E-state index in [9.17, 15) is 24.3 Å². The minimum absolute atomic E-state index is 0.0104. The Kier molecular flexibility index (Phi) is 9.16. The molecular formula is C27H26N2O7. The number of carbonyl (C=O) groups excluding carboxylic acids is 2. The lowest BCUT2D eigenvalue weighted by Crippen LogP contribution is -2.53. The van der Waals surface area contributed by atoms with E-state index in [0.29, 0.717) is 5.56 Å². The number of aromatic carboxylic acids is 1. The second-order valence-corrected chi connectivity index (χ2v) is 8.05. The highest BCUT2D eigenvalue weighted by Crippen LogP contribution is 2.10. The van der Waals surface area contributed by atoms with E-state index in [1.165, 1.54) is 24.3 Å². The molecule has 3 rings (SSSR count). The maximum Gasteiger partial charge on any atom is 0.408 e. The van der Waals surface area contributed by atoms with Crippen molar-refractivity contribution in [1.82, 2.24) is 10.6 Å². The summed E-state index contributed by atoms with van der Waals surface area (Å²) in [6.07, 6.45) is -0.768. The van der Waals surface area contributed by atoms with E-state index in [4.69, 9.17) is 9.84 Å². The molecule has 36 heavy (non-hydrogen) atoms. The first-order valence-corrected chi connectivity index (χ1v) is 11.2. The summed E-state index contributed by atoms with van der Waals surface area (Å²) in [4.78, 5) is 48.4. The van der Waals surface area contributed by atoms with Crippen LogP contribution in [0.25, 0.3) is 0 Å². The third kappa shape index (κ3) is 7.98. The Hall–Kier alpha value is -4.66. The number of nitrogens with one attached hydrogen (secondary N) is 2. The monoisotopic (exact) mass is 490 g/mol. The van der Waals surface area contributed by atoms with Gasteiger partial charge in [-0.15, -0.1) is 0 Å². The van der Waals surface area contributed by atoms with Gasteiger partial charge in [-0.2, -0.15) is 0 Å². The fourth-order valence-corrected chi connectivity index (χ4v) is 3.46. The number of ether oxygens (including phenoxy) is 1. The average molecular weight is 491 g/mol. The van der Waals surface area contributed by atoms with Crippen molar-refractivity contribution in [3.05, 3.63) is 107 Å². The second kappa shape index (κ2) is 12.7. The van der Waals surface area contributed by atoms with Gasteiger partial charge in [0, 0.05) is 12.8 Å². The minimum atomic E-state index is -1.30. The summed E-state index contributed by atoms with van der Waals surface area (Å²) in [5, 5.41) is 23.7. The van der Waals surface area contributed by atoms with Crippen LogP contribution >= 0.6 is 0 Å². The van der Waals surface area contributed by atoms with Crippen LogP contribution in [0, 0.1) is 0 Å². The molecule has 0 aliphatic rings. The zero-order valence-electron chi connectivity index (χ0n) is 19.3. The molecule has 0 radical (unpaired) electrons. The van der Waals surface area contributed by atoms with Gasteiger partial charge in [0.2, 0.25) is 5.91 Å². The highest BCUT2D eigenvalue weighted by Gasteiger charge is 2.27. The molecule has 3 aromatic rings. The highest BCUT2D eigenvalue weighted by atomic mass is 16.5. The zero-order valence-corrected chi connectivity index (χ0v) is 19.3. The van der Waals surface area contributed by atoms with Crippen LogP contribution in [0.2, 0.25) is 0 Å². The molecular weight excluding hydrogens is 464 g/mol. The predicted octanol–water partition coefficient (Wildman–Crippen LogP) is 3.03. The van der Waals surface area contributed by atoms with Crippen LogP contribution in [0.1, 0.15) is 27.0 Å². The number of carboxylic acids is 2. The van der Waals surface area contributed by atoms with E-state index in [2.05, 4.69) is 10.6 Å². The van der Waals surface area contributed by atoms with Crippen LogP contribution in [0.3, 0.4) is 0 Å². The van der Waals surface area contributed by atoms with Crippen molar-refractivity contribution >= 4 is 23.9 Å². The molecule has 0 aromatic heterocycles. The van der Waals surface area contributed by atoms with E-state index in [-0.39, 0.29) is 25.0 Å². The lowest BCUT2D eigenvalue weighted by Gasteiger charge is -2.21. The number of rotatable bonds is 11. The van der Waals surface area contributed by atoms with Crippen LogP contribution in [0.4, 0.5) is 4.79 Å². The maximum absolute atomic E-state index is 13.1. The lowest BCUT2D eigenvalue weighted by molar-refractivity contribution is -0.142. The van der Waals surface area contributed by atoms with Crippen LogP contribution < -0.4 is 10.6 Å². The number of alkyl carbamates (subject to hydrolysis) is 1. The highest BCUT2D eigenvalue weighted by molar-refractivity contribution is 5.90. The minimum Gasteiger partial charge on any atom is -0.480 e. The molecule has 0 fully saturated rings. The van der Waals surface area contributed by atoms with Crippen molar-refractivity contribution in [3.8, 4) is 0 Å². The van der Waals surface area contributed by atoms with E-state index in [1.807, 2.05) is 24.3 Å². The largest absolute Gasteiger partial charge is 0.480 e. The molecule has 2 atom stereocenters. The van der Waals surface area contributed by atoms with Gasteiger partial charge in [-0.25, -0.2) is 14.4 Å². The Morgan fingerprint density at radius 2 is 1.19 bits per heavy atom. The van der Waals surface area contributed by atoms with Crippen molar-refractivity contribution in [1.29, 1.82) is 0 Å². The molecule has 0 saturated heterocycles. The maximum atomic E-state index is 13.1. The summed E-state index contributed by atoms with van der Waals surface area (Å²) in [5.74, 6) is -3.06. The van der Waals surface area contributed by atoms with Crippen molar-refractivity contribution < 1.29 is 34.1 Å². The SMILES string of the molecule is O=C(N[C@@H](Cc1ccccc1)C(=O)N[C@H](Cc1ccc(C(=O)O)cc1)C(=O)O)OCc1ccccc1. The predicted molar refractivity (Wildman–Crippen MR) is 130 cm³/mol. The topological polar surface area (TPSA) is 142 Å². The molecule has 186 valence electrons. The smallest absolute Gasteiger partial charge is 0.408 e. The molecule has 0 aliphatic carbocycles. The second-order valence-electron chi connectivity index (χ2n) is 8.05.